The molecule has 0 saturated heterocycles. The maximum atomic E-state index is 9.87. The third kappa shape index (κ3) is 2.36. The van der Waals surface area contributed by atoms with Crippen molar-refractivity contribution in [1.82, 2.24) is 5.32 Å². The van der Waals surface area contributed by atoms with Crippen LogP contribution in [0.15, 0.2) is 18.2 Å². The minimum atomic E-state index is -0.466. The summed E-state index contributed by atoms with van der Waals surface area (Å²) in [5, 5.41) is 12.8. The van der Waals surface area contributed by atoms with E-state index in [4.69, 9.17) is 4.74 Å². The Morgan fingerprint density at radius 1 is 1.50 bits per heavy atom. The lowest BCUT2D eigenvalue weighted by molar-refractivity contribution is 0.177. The summed E-state index contributed by atoms with van der Waals surface area (Å²) in [6.45, 7) is 0.561. The second kappa shape index (κ2) is 4.85. The van der Waals surface area contributed by atoms with Crippen molar-refractivity contribution in [3.05, 3.63) is 29.3 Å². The van der Waals surface area contributed by atoms with Gasteiger partial charge in [-0.3, -0.25) is 0 Å². The molecule has 16 heavy (non-hydrogen) atoms. The molecule has 0 aliphatic heterocycles. The minimum Gasteiger partial charge on any atom is -0.496 e. The molecule has 1 atom stereocenters. The number of ether oxygens (including phenoxy) is 1. The van der Waals surface area contributed by atoms with E-state index in [1.165, 1.54) is 18.4 Å². The summed E-state index contributed by atoms with van der Waals surface area (Å²) in [6.07, 6.45) is 2.05. The average Bonchev–Trinajstić information content (AvgIpc) is 3.12. The third-order valence-electron chi connectivity index (χ3n) is 3.06. The maximum absolute atomic E-state index is 9.87. The Labute approximate surface area is 96.4 Å². The van der Waals surface area contributed by atoms with Crippen LogP contribution in [0.4, 0.5) is 0 Å². The van der Waals surface area contributed by atoms with Crippen LogP contribution in [0.1, 0.15) is 36.0 Å². The zero-order valence-electron chi connectivity index (χ0n) is 9.86. The molecule has 3 nitrogen and oxygen atoms in total. The van der Waals surface area contributed by atoms with Gasteiger partial charge in [0.15, 0.2) is 0 Å². The largest absolute Gasteiger partial charge is 0.496 e. The predicted octanol–water partition coefficient (Wildman–Crippen LogP) is 1.83. The number of rotatable bonds is 5. The number of nitrogens with one attached hydrogen (secondary N) is 1. The highest BCUT2D eigenvalue weighted by Gasteiger charge is 2.27. The van der Waals surface area contributed by atoms with Crippen molar-refractivity contribution in [2.24, 2.45) is 0 Å². The molecule has 1 aromatic rings. The van der Waals surface area contributed by atoms with Crippen LogP contribution in [0.2, 0.25) is 0 Å². The molecule has 1 saturated carbocycles. The molecule has 0 amide bonds. The van der Waals surface area contributed by atoms with E-state index in [2.05, 4.69) is 11.4 Å². The molecule has 2 rings (SSSR count). The van der Waals surface area contributed by atoms with Gasteiger partial charge in [-0.15, -0.1) is 0 Å². The summed E-state index contributed by atoms with van der Waals surface area (Å²) < 4.78 is 5.38. The van der Waals surface area contributed by atoms with Gasteiger partial charge in [0, 0.05) is 6.54 Å². The molecule has 0 radical (unpaired) electrons. The van der Waals surface area contributed by atoms with Crippen molar-refractivity contribution in [1.29, 1.82) is 0 Å². The lowest BCUT2D eigenvalue weighted by Crippen LogP contribution is -2.16. The normalized spacial score (nSPS) is 17.2. The molecule has 88 valence electrons. The summed E-state index contributed by atoms with van der Waals surface area (Å²) in [6, 6.07) is 6.04. The molecule has 1 aromatic carbocycles. The van der Waals surface area contributed by atoms with Crippen LogP contribution in [-0.4, -0.2) is 25.8 Å². The number of hydrogen-bond acceptors (Lipinski definition) is 3. The van der Waals surface area contributed by atoms with Crippen molar-refractivity contribution in [2.75, 3.05) is 20.7 Å². The molecule has 3 heteroatoms. The van der Waals surface area contributed by atoms with Crippen LogP contribution < -0.4 is 10.1 Å². The van der Waals surface area contributed by atoms with Crippen LogP contribution in [0, 0.1) is 0 Å². The molecular weight excluding hydrogens is 202 g/mol. The van der Waals surface area contributed by atoms with Crippen LogP contribution in [0.25, 0.3) is 0 Å². The van der Waals surface area contributed by atoms with Crippen molar-refractivity contribution in [3.63, 3.8) is 0 Å². The van der Waals surface area contributed by atoms with Gasteiger partial charge < -0.3 is 15.2 Å². The van der Waals surface area contributed by atoms with Gasteiger partial charge in [0.2, 0.25) is 0 Å². The number of aliphatic hydroxyl groups is 1. The van der Waals surface area contributed by atoms with Gasteiger partial charge in [0.1, 0.15) is 5.75 Å². The molecular formula is C13H19NO2. The first kappa shape index (κ1) is 11.4. The molecule has 1 aliphatic rings. The lowest BCUT2D eigenvalue weighted by Gasteiger charge is -2.14. The van der Waals surface area contributed by atoms with E-state index in [9.17, 15) is 5.11 Å². The fourth-order valence-electron chi connectivity index (χ4n) is 1.98. The predicted molar refractivity (Wildman–Crippen MR) is 63.9 cm³/mol. The SMILES string of the molecule is CNCC(O)c1ccc(C2CC2)c(OC)c1. The Bertz CT molecular complexity index is 361. The number of methoxy groups -OCH3 is 1. The molecule has 0 aromatic heterocycles. The zero-order valence-corrected chi connectivity index (χ0v) is 9.86. The highest BCUT2D eigenvalue weighted by molar-refractivity contribution is 5.42. The van der Waals surface area contributed by atoms with Crippen LogP contribution in [-0.2, 0) is 0 Å². The van der Waals surface area contributed by atoms with Gasteiger partial charge in [-0.1, -0.05) is 12.1 Å². The first-order valence-corrected chi connectivity index (χ1v) is 5.76. The summed E-state index contributed by atoms with van der Waals surface area (Å²) >= 11 is 0. The standard InChI is InChI=1S/C13H19NO2/c1-14-8-12(15)10-5-6-11(9-3-4-9)13(7-10)16-2/h5-7,9,12,14-15H,3-4,8H2,1-2H3. The van der Waals surface area contributed by atoms with E-state index in [1.807, 2.05) is 19.2 Å². The summed E-state index contributed by atoms with van der Waals surface area (Å²) in [5.41, 5.74) is 2.19. The molecule has 2 N–H and O–H groups in total. The molecule has 0 spiro atoms. The van der Waals surface area contributed by atoms with Crippen molar-refractivity contribution < 1.29 is 9.84 Å². The van der Waals surface area contributed by atoms with Crippen molar-refractivity contribution >= 4 is 0 Å². The minimum absolute atomic E-state index is 0.466. The first-order chi connectivity index (χ1) is 7.76. The fourth-order valence-corrected chi connectivity index (χ4v) is 1.98. The fraction of sp³-hybridized carbons (Fsp3) is 0.538. The number of aliphatic hydroxyl groups excluding tert-OH is 1. The lowest BCUT2D eigenvalue weighted by atomic mass is 10.0. The number of hydrogen-bond donors (Lipinski definition) is 2. The second-order valence-electron chi connectivity index (χ2n) is 4.35. The van der Waals surface area contributed by atoms with E-state index in [1.54, 1.807) is 7.11 Å². The van der Waals surface area contributed by atoms with E-state index >= 15 is 0 Å². The Kier molecular flexibility index (Phi) is 3.46. The first-order valence-electron chi connectivity index (χ1n) is 5.76. The van der Waals surface area contributed by atoms with Gasteiger partial charge in [-0.2, -0.15) is 0 Å². The number of benzene rings is 1. The monoisotopic (exact) mass is 221 g/mol. The third-order valence-corrected chi connectivity index (χ3v) is 3.06. The topological polar surface area (TPSA) is 41.5 Å². The van der Waals surface area contributed by atoms with Crippen LogP contribution in [0.5, 0.6) is 5.75 Å². The Morgan fingerprint density at radius 2 is 2.25 bits per heavy atom. The van der Waals surface area contributed by atoms with E-state index < -0.39 is 6.10 Å². The summed E-state index contributed by atoms with van der Waals surface area (Å²) in [7, 11) is 3.52. The Morgan fingerprint density at radius 3 is 2.81 bits per heavy atom. The van der Waals surface area contributed by atoms with E-state index in [0.29, 0.717) is 12.5 Å². The molecule has 1 fully saturated rings. The molecule has 1 aliphatic carbocycles. The van der Waals surface area contributed by atoms with Gasteiger partial charge in [0.05, 0.1) is 13.2 Å². The van der Waals surface area contributed by atoms with Crippen molar-refractivity contribution in [2.45, 2.75) is 24.9 Å². The summed E-state index contributed by atoms with van der Waals surface area (Å²) in [4.78, 5) is 0. The van der Waals surface area contributed by atoms with Crippen LogP contribution in [0.3, 0.4) is 0 Å². The van der Waals surface area contributed by atoms with E-state index in [0.717, 1.165) is 11.3 Å². The highest BCUT2D eigenvalue weighted by Crippen LogP contribution is 2.44. The van der Waals surface area contributed by atoms with E-state index in [-0.39, 0.29) is 0 Å². The Balaban J connectivity index is 2.21. The quantitative estimate of drug-likeness (QED) is 0.797. The molecule has 0 bridgehead atoms. The number of likely N-dealkylation sites (N-methyl/N-ethyl adjacent to an activating group) is 1. The average molecular weight is 221 g/mol. The van der Waals surface area contributed by atoms with Gasteiger partial charge >= 0.3 is 0 Å². The second-order valence-corrected chi connectivity index (χ2v) is 4.35. The van der Waals surface area contributed by atoms with Gasteiger partial charge in [-0.25, -0.2) is 0 Å². The zero-order chi connectivity index (χ0) is 11.5. The van der Waals surface area contributed by atoms with Gasteiger partial charge in [0.25, 0.3) is 0 Å². The maximum Gasteiger partial charge on any atom is 0.122 e. The molecule has 1 unspecified atom stereocenters. The smallest absolute Gasteiger partial charge is 0.122 e. The summed E-state index contributed by atoms with van der Waals surface area (Å²) in [5.74, 6) is 1.58. The van der Waals surface area contributed by atoms with Crippen molar-refractivity contribution in [3.8, 4) is 5.75 Å². The molecule has 0 heterocycles. The van der Waals surface area contributed by atoms with Gasteiger partial charge in [-0.05, 0) is 43.0 Å². The Hall–Kier alpha value is -1.06. The van der Waals surface area contributed by atoms with Crippen LogP contribution >= 0.6 is 0 Å². The highest BCUT2D eigenvalue weighted by atomic mass is 16.5.